The molecule has 0 aromatic heterocycles. The van der Waals surface area contributed by atoms with Crippen LogP contribution in [-0.2, 0) is 9.53 Å². The van der Waals surface area contributed by atoms with Gasteiger partial charge in [0, 0.05) is 13.2 Å². The summed E-state index contributed by atoms with van der Waals surface area (Å²) >= 11 is 0. The Labute approximate surface area is 104 Å². The highest BCUT2D eigenvalue weighted by Crippen LogP contribution is 2.21. The molecule has 1 aliphatic heterocycles. The van der Waals surface area contributed by atoms with E-state index in [1.165, 1.54) is 6.42 Å². The number of carboxylic acids is 1. The van der Waals surface area contributed by atoms with E-state index in [0.29, 0.717) is 12.3 Å². The van der Waals surface area contributed by atoms with Crippen LogP contribution in [0.3, 0.4) is 0 Å². The zero-order chi connectivity index (χ0) is 12.9. The summed E-state index contributed by atoms with van der Waals surface area (Å²) in [7, 11) is 2.06. The van der Waals surface area contributed by atoms with Crippen molar-refractivity contribution < 1.29 is 14.6 Å². The molecule has 1 saturated heterocycles. The zero-order valence-electron chi connectivity index (χ0n) is 11.2. The van der Waals surface area contributed by atoms with Crippen LogP contribution >= 0.6 is 0 Å². The second-order valence-electron chi connectivity index (χ2n) is 5.78. The maximum absolute atomic E-state index is 11.0. The van der Waals surface area contributed by atoms with Crippen LogP contribution < -0.4 is 0 Å². The van der Waals surface area contributed by atoms with Crippen molar-refractivity contribution in [3.05, 3.63) is 0 Å². The molecular formula is C13H25NO3. The number of ether oxygens (including phenoxy) is 1. The van der Waals surface area contributed by atoms with Crippen LogP contribution in [0.1, 0.15) is 33.1 Å². The van der Waals surface area contributed by atoms with E-state index in [0.717, 1.165) is 32.7 Å². The Balaban J connectivity index is 2.24. The number of aliphatic carboxylic acids is 1. The second kappa shape index (κ2) is 6.36. The standard InChI is InChI=1S/C13H25NO3/c1-13(2,12(15)16)6-7-14(3)9-11-5-4-8-17-10-11/h11H,4-10H2,1-3H3,(H,15,16). The predicted octanol–water partition coefficient (Wildman–Crippen LogP) is 1.85. The van der Waals surface area contributed by atoms with E-state index in [1.54, 1.807) is 13.8 Å². The maximum Gasteiger partial charge on any atom is 0.309 e. The number of carbonyl (C=O) groups is 1. The van der Waals surface area contributed by atoms with Crippen molar-refractivity contribution in [2.24, 2.45) is 11.3 Å². The Morgan fingerprint density at radius 3 is 2.76 bits per heavy atom. The molecule has 4 heteroatoms. The lowest BCUT2D eigenvalue weighted by Gasteiger charge is -2.29. The predicted molar refractivity (Wildman–Crippen MR) is 67.1 cm³/mol. The Bertz CT molecular complexity index is 247. The van der Waals surface area contributed by atoms with Crippen LogP contribution in [0.15, 0.2) is 0 Å². The molecule has 0 aromatic carbocycles. The van der Waals surface area contributed by atoms with Gasteiger partial charge in [-0.05, 0) is 52.6 Å². The van der Waals surface area contributed by atoms with Crippen LogP contribution in [0.5, 0.6) is 0 Å². The molecule has 1 fully saturated rings. The average Bonchev–Trinajstić information content (AvgIpc) is 2.28. The molecule has 1 aliphatic rings. The van der Waals surface area contributed by atoms with Gasteiger partial charge in [0.05, 0.1) is 12.0 Å². The first-order chi connectivity index (χ1) is 7.92. The summed E-state index contributed by atoms with van der Waals surface area (Å²) in [5.74, 6) is -0.103. The molecule has 0 aromatic rings. The molecule has 1 N–H and O–H groups in total. The van der Waals surface area contributed by atoms with Crippen molar-refractivity contribution in [2.75, 3.05) is 33.4 Å². The van der Waals surface area contributed by atoms with Gasteiger partial charge in [0.1, 0.15) is 0 Å². The van der Waals surface area contributed by atoms with E-state index >= 15 is 0 Å². The van der Waals surface area contributed by atoms with Gasteiger partial charge in [-0.15, -0.1) is 0 Å². The lowest BCUT2D eigenvalue weighted by Crippen LogP contribution is -2.34. The van der Waals surface area contributed by atoms with Crippen LogP contribution in [0.4, 0.5) is 0 Å². The molecule has 4 nitrogen and oxygen atoms in total. The molecule has 100 valence electrons. The van der Waals surface area contributed by atoms with Crippen LogP contribution in [-0.4, -0.2) is 49.3 Å². The largest absolute Gasteiger partial charge is 0.481 e. The van der Waals surface area contributed by atoms with Crippen LogP contribution in [0.2, 0.25) is 0 Å². The van der Waals surface area contributed by atoms with E-state index in [9.17, 15) is 4.79 Å². The summed E-state index contributed by atoms with van der Waals surface area (Å²) < 4.78 is 5.45. The van der Waals surface area contributed by atoms with E-state index in [4.69, 9.17) is 9.84 Å². The summed E-state index contributed by atoms with van der Waals surface area (Å²) in [5.41, 5.74) is -0.628. The van der Waals surface area contributed by atoms with Crippen LogP contribution in [0.25, 0.3) is 0 Å². The number of hydrogen-bond acceptors (Lipinski definition) is 3. The molecular weight excluding hydrogens is 218 g/mol. The molecule has 1 rings (SSSR count). The molecule has 17 heavy (non-hydrogen) atoms. The summed E-state index contributed by atoms with van der Waals surface area (Å²) in [4.78, 5) is 13.2. The number of nitrogens with zero attached hydrogens (tertiary/aromatic N) is 1. The third-order valence-corrected chi connectivity index (χ3v) is 3.52. The van der Waals surface area contributed by atoms with Crippen molar-refractivity contribution in [3.8, 4) is 0 Å². The average molecular weight is 243 g/mol. The molecule has 0 bridgehead atoms. The number of rotatable bonds is 6. The highest BCUT2D eigenvalue weighted by Gasteiger charge is 2.27. The van der Waals surface area contributed by atoms with Gasteiger partial charge in [-0.1, -0.05) is 0 Å². The fraction of sp³-hybridized carbons (Fsp3) is 0.923. The van der Waals surface area contributed by atoms with E-state index in [1.807, 2.05) is 0 Å². The zero-order valence-corrected chi connectivity index (χ0v) is 11.2. The van der Waals surface area contributed by atoms with Gasteiger partial charge in [0.2, 0.25) is 0 Å². The van der Waals surface area contributed by atoms with Crippen LogP contribution in [0, 0.1) is 11.3 Å². The summed E-state index contributed by atoms with van der Waals surface area (Å²) in [6, 6.07) is 0. The fourth-order valence-electron chi connectivity index (χ4n) is 2.06. The fourth-order valence-corrected chi connectivity index (χ4v) is 2.06. The number of carboxylic acid groups (broad SMARTS) is 1. The van der Waals surface area contributed by atoms with Gasteiger partial charge in [-0.2, -0.15) is 0 Å². The molecule has 1 heterocycles. The molecule has 0 amide bonds. The van der Waals surface area contributed by atoms with Gasteiger partial charge in [0.15, 0.2) is 0 Å². The third kappa shape index (κ3) is 5.04. The van der Waals surface area contributed by atoms with Crippen molar-refractivity contribution in [2.45, 2.75) is 33.1 Å². The lowest BCUT2D eigenvalue weighted by molar-refractivity contribution is -0.147. The van der Waals surface area contributed by atoms with Gasteiger partial charge < -0.3 is 14.7 Å². The topological polar surface area (TPSA) is 49.8 Å². The maximum atomic E-state index is 11.0. The monoisotopic (exact) mass is 243 g/mol. The van der Waals surface area contributed by atoms with Crippen molar-refractivity contribution >= 4 is 5.97 Å². The summed E-state index contributed by atoms with van der Waals surface area (Å²) in [6.07, 6.45) is 3.07. The van der Waals surface area contributed by atoms with Crippen molar-refractivity contribution in [1.29, 1.82) is 0 Å². The Kier molecular flexibility index (Phi) is 5.40. The molecule has 0 radical (unpaired) electrons. The second-order valence-corrected chi connectivity index (χ2v) is 5.78. The molecule has 0 spiro atoms. The third-order valence-electron chi connectivity index (χ3n) is 3.52. The minimum Gasteiger partial charge on any atom is -0.481 e. The minimum absolute atomic E-state index is 0.613. The first-order valence-corrected chi connectivity index (χ1v) is 6.41. The van der Waals surface area contributed by atoms with E-state index in [-0.39, 0.29) is 0 Å². The highest BCUT2D eigenvalue weighted by molar-refractivity contribution is 5.73. The lowest BCUT2D eigenvalue weighted by atomic mass is 9.89. The molecule has 1 atom stereocenters. The Morgan fingerprint density at radius 1 is 1.53 bits per heavy atom. The summed E-state index contributed by atoms with van der Waals surface area (Å²) in [5, 5.41) is 9.04. The number of hydrogen-bond donors (Lipinski definition) is 1. The normalized spacial score (nSPS) is 21.8. The van der Waals surface area contributed by atoms with Crippen molar-refractivity contribution in [3.63, 3.8) is 0 Å². The molecule has 1 unspecified atom stereocenters. The Morgan fingerprint density at radius 2 is 2.24 bits per heavy atom. The quantitative estimate of drug-likeness (QED) is 0.773. The van der Waals surface area contributed by atoms with E-state index in [2.05, 4.69) is 11.9 Å². The van der Waals surface area contributed by atoms with Crippen molar-refractivity contribution in [1.82, 2.24) is 4.90 Å². The highest BCUT2D eigenvalue weighted by atomic mass is 16.5. The van der Waals surface area contributed by atoms with Gasteiger partial charge in [0.25, 0.3) is 0 Å². The summed E-state index contributed by atoms with van der Waals surface area (Å²) in [6.45, 7) is 7.16. The minimum atomic E-state index is -0.716. The smallest absolute Gasteiger partial charge is 0.309 e. The van der Waals surface area contributed by atoms with E-state index < -0.39 is 11.4 Å². The SMILES string of the molecule is CN(CCC(C)(C)C(=O)O)CC1CCCOC1. The first kappa shape index (κ1) is 14.5. The van der Waals surface area contributed by atoms with Gasteiger partial charge in [-0.3, -0.25) is 4.79 Å². The van der Waals surface area contributed by atoms with Gasteiger partial charge >= 0.3 is 5.97 Å². The molecule has 0 aliphatic carbocycles. The first-order valence-electron chi connectivity index (χ1n) is 6.41. The molecule has 0 saturated carbocycles. The van der Waals surface area contributed by atoms with Gasteiger partial charge in [-0.25, -0.2) is 0 Å². The Hall–Kier alpha value is -0.610.